The average molecular weight is 239 g/mol. The highest BCUT2D eigenvalue weighted by atomic mass is 16.4. The first-order valence-electron chi connectivity index (χ1n) is 5.63. The number of rotatable bonds is 6. The number of carbonyl (C=O) groups excluding carboxylic acids is 1. The first-order chi connectivity index (χ1) is 8.04. The van der Waals surface area contributed by atoms with Crippen LogP contribution in [0.2, 0.25) is 0 Å². The summed E-state index contributed by atoms with van der Waals surface area (Å²) >= 11 is 0. The second-order valence-corrected chi connectivity index (χ2v) is 3.95. The summed E-state index contributed by atoms with van der Waals surface area (Å²) in [5, 5.41) is 11.4. The van der Waals surface area contributed by atoms with Crippen molar-refractivity contribution in [2.24, 2.45) is 0 Å². The van der Waals surface area contributed by atoms with Gasteiger partial charge in [-0.15, -0.1) is 0 Å². The van der Waals surface area contributed by atoms with Crippen LogP contribution in [0.5, 0.6) is 0 Å². The summed E-state index contributed by atoms with van der Waals surface area (Å²) in [6.45, 7) is 3.70. The number of unbranched alkanes of at least 4 members (excludes halogenated alkanes) is 1. The van der Waals surface area contributed by atoms with E-state index in [1.54, 1.807) is 13.0 Å². The van der Waals surface area contributed by atoms with Gasteiger partial charge in [0, 0.05) is 0 Å². The molecule has 0 aliphatic carbocycles. The molecule has 0 bridgehead atoms. The summed E-state index contributed by atoms with van der Waals surface area (Å²) in [7, 11) is 0. The molecule has 2 N–H and O–H groups in total. The highest BCUT2D eigenvalue weighted by Gasteiger charge is 2.20. The smallest absolute Gasteiger partial charge is 0.326 e. The number of carboxylic acid groups (broad SMARTS) is 1. The number of amides is 1. The Morgan fingerprint density at radius 1 is 1.53 bits per heavy atom. The fourth-order valence-electron chi connectivity index (χ4n) is 1.47. The maximum absolute atomic E-state index is 11.7. The molecule has 1 atom stereocenters. The number of aliphatic carboxylic acids is 1. The van der Waals surface area contributed by atoms with Crippen molar-refractivity contribution in [3.63, 3.8) is 0 Å². The van der Waals surface area contributed by atoms with Gasteiger partial charge in [0.1, 0.15) is 18.1 Å². The first kappa shape index (κ1) is 13.3. The summed E-state index contributed by atoms with van der Waals surface area (Å²) in [5.74, 6) is -0.798. The Morgan fingerprint density at radius 2 is 2.24 bits per heavy atom. The van der Waals surface area contributed by atoms with Gasteiger partial charge in [0.15, 0.2) is 0 Å². The van der Waals surface area contributed by atoms with Crippen molar-refractivity contribution in [3.05, 3.63) is 23.7 Å². The van der Waals surface area contributed by atoms with Gasteiger partial charge in [-0.1, -0.05) is 19.8 Å². The van der Waals surface area contributed by atoms with E-state index in [1.807, 2.05) is 6.92 Å². The third-order valence-electron chi connectivity index (χ3n) is 2.44. The molecule has 1 unspecified atom stereocenters. The monoisotopic (exact) mass is 239 g/mol. The van der Waals surface area contributed by atoms with Crippen LogP contribution < -0.4 is 5.32 Å². The van der Waals surface area contributed by atoms with Crippen molar-refractivity contribution < 1.29 is 19.1 Å². The Kier molecular flexibility index (Phi) is 4.75. The number of hydrogen-bond acceptors (Lipinski definition) is 3. The lowest BCUT2D eigenvalue weighted by molar-refractivity contribution is -0.139. The molecule has 0 aliphatic rings. The Labute approximate surface area is 99.8 Å². The van der Waals surface area contributed by atoms with Crippen molar-refractivity contribution >= 4 is 11.9 Å². The maximum atomic E-state index is 11.7. The zero-order chi connectivity index (χ0) is 12.8. The summed E-state index contributed by atoms with van der Waals surface area (Å²) in [6.07, 6.45) is 3.42. The minimum absolute atomic E-state index is 0.352. The van der Waals surface area contributed by atoms with Crippen molar-refractivity contribution in [2.75, 3.05) is 0 Å². The van der Waals surface area contributed by atoms with Crippen LogP contribution in [0, 0.1) is 6.92 Å². The molecule has 0 spiro atoms. The molecule has 1 aromatic rings. The molecule has 17 heavy (non-hydrogen) atoms. The van der Waals surface area contributed by atoms with Crippen LogP contribution in [-0.2, 0) is 4.79 Å². The summed E-state index contributed by atoms with van der Waals surface area (Å²) < 4.78 is 5.00. The van der Waals surface area contributed by atoms with E-state index in [2.05, 4.69) is 5.32 Å². The number of nitrogens with one attached hydrogen (secondary N) is 1. The van der Waals surface area contributed by atoms with Crippen LogP contribution in [0.3, 0.4) is 0 Å². The van der Waals surface area contributed by atoms with Gasteiger partial charge >= 0.3 is 5.97 Å². The molecule has 0 aromatic carbocycles. The van der Waals surface area contributed by atoms with Crippen molar-refractivity contribution in [2.45, 2.75) is 39.2 Å². The van der Waals surface area contributed by atoms with Crippen molar-refractivity contribution in [1.82, 2.24) is 5.32 Å². The Hall–Kier alpha value is -1.78. The number of carboxylic acids is 1. The fourth-order valence-corrected chi connectivity index (χ4v) is 1.47. The normalized spacial score (nSPS) is 12.1. The molecule has 94 valence electrons. The summed E-state index contributed by atoms with van der Waals surface area (Å²) in [5.41, 5.74) is 0.352. The molecule has 0 saturated heterocycles. The zero-order valence-electron chi connectivity index (χ0n) is 10.0. The van der Waals surface area contributed by atoms with Gasteiger partial charge in [0.05, 0.1) is 5.56 Å². The third-order valence-corrected chi connectivity index (χ3v) is 2.44. The lowest BCUT2D eigenvalue weighted by atomic mass is 10.1. The molecular weight excluding hydrogens is 222 g/mol. The molecule has 0 fully saturated rings. The maximum Gasteiger partial charge on any atom is 0.326 e. The van der Waals surface area contributed by atoms with E-state index < -0.39 is 17.9 Å². The SMILES string of the molecule is CCCCC(NC(=O)c1coc(C)c1)C(=O)O. The van der Waals surface area contributed by atoms with E-state index in [4.69, 9.17) is 9.52 Å². The first-order valence-corrected chi connectivity index (χ1v) is 5.63. The van der Waals surface area contributed by atoms with E-state index >= 15 is 0 Å². The van der Waals surface area contributed by atoms with Gasteiger partial charge in [0.25, 0.3) is 5.91 Å². The molecule has 1 amide bonds. The minimum atomic E-state index is -1.01. The Balaban J connectivity index is 2.60. The van der Waals surface area contributed by atoms with Crippen LogP contribution in [0.25, 0.3) is 0 Å². The largest absolute Gasteiger partial charge is 0.480 e. The van der Waals surface area contributed by atoms with E-state index in [0.717, 1.165) is 12.8 Å². The Bertz CT molecular complexity index is 397. The molecule has 5 heteroatoms. The van der Waals surface area contributed by atoms with Gasteiger partial charge in [-0.3, -0.25) is 4.79 Å². The minimum Gasteiger partial charge on any atom is -0.480 e. The zero-order valence-corrected chi connectivity index (χ0v) is 10.0. The standard InChI is InChI=1S/C12H17NO4/c1-3-4-5-10(12(15)16)13-11(14)9-6-8(2)17-7-9/h6-7,10H,3-5H2,1-2H3,(H,13,14)(H,15,16). The second kappa shape index (κ2) is 6.08. The molecular formula is C12H17NO4. The molecule has 1 aromatic heterocycles. The predicted molar refractivity (Wildman–Crippen MR) is 61.9 cm³/mol. The third kappa shape index (κ3) is 3.94. The van der Waals surface area contributed by atoms with Crippen molar-refractivity contribution in [1.29, 1.82) is 0 Å². The van der Waals surface area contributed by atoms with Crippen LogP contribution in [0.15, 0.2) is 16.7 Å². The topological polar surface area (TPSA) is 79.5 Å². The van der Waals surface area contributed by atoms with E-state index in [-0.39, 0.29) is 0 Å². The molecule has 5 nitrogen and oxygen atoms in total. The summed E-state index contributed by atoms with van der Waals surface area (Å²) in [6, 6.07) is 0.742. The quantitative estimate of drug-likeness (QED) is 0.795. The van der Waals surface area contributed by atoms with Gasteiger partial charge < -0.3 is 14.8 Å². The van der Waals surface area contributed by atoms with Crippen LogP contribution >= 0.6 is 0 Å². The average Bonchev–Trinajstić information content (AvgIpc) is 2.70. The van der Waals surface area contributed by atoms with Crippen LogP contribution in [0.4, 0.5) is 0 Å². The fraction of sp³-hybridized carbons (Fsp3) is 0.500. The molecule has 0 saturated carbocycles. The molecule has 0 radical (unpaired) electrons. The number of carbonyl (C=O) groups is 2. The predicted octanol–water partition coefficient (Wildman–Crippen LogP) is 1.96. The van der Waals surface area contributed by atoms with Gasteiger partial charge in [-0.05, 0) is 19.4 Å². The number of hydrogen-bond donors (Lipinski definition) is 2. The number of aryl methyl sites for hydroxylation is 1. The van der Waals surface area contributed by atoms with Crippen molar-refractivity contribution in [3.8, 4) is 0 Å². The van der Waals surface area contributed by atoms with Gasteiger partial charge in [0.2, 0.25) is 0 Å². The van der Waals surface area contributed by atoms with Gasteiger partial charge in [-0.25, -0.2) is 4.79 Å². The van der Waals surface area contributed by atoms with E-state index in [9.17, 15) is 9.59 Å². The summed E-state index contributed by atoms with van der Waals surface area (Å²) in [4.78, 5) is 22.6. The second-order valence-electron chi connectivity index (χ2n) is 3.95. The van der Waals surface area contributed by atoms with E-state index in [1.165, 1.54) is 6.26 Å². The van der Waals surface area contributed by atoms with Gasteiger partial charge in [-0.2, -0.15) is 0 Å². The van der Waals surface area contributed by atoms with Crippen LogP contribution in [-0.4, -0.2) is 23.0 Å². The highest BCUT2D eigenvalue weighted by molar-refractivity contribution is 5.96. The molecule has 0 aliphatic heterocycles. The molecule has 1 heterocycles. The van der Waals surface area contributed by atoms with Crippen LogP contribution in [0.1, 0.15) is 42.3 Å². The molecule has 1 rings (SSSR count). The lowest BCUT2D eigenvalue weighted by Crippen LogP contribution is -2.40. The highest BCUT2D eigenvalue weighted by Crippen LogP contribution is 2.08. The number of furan rings is 1. The lowest BCUT2D eigenvalue weighted by Gasteiger charge is -2.13. The van der Waals surface area contributed by atoms with E-state index in [0.29, 0.717) is 17.7 Å². The Morgan fingerprint density at radius 3 is 2.71 bits per heavy atom.